The van der Waals surface area contributed by atoms with Crippen LogP contribution in [-0.2, 0) is 19.6 Å². The molecule has 0 aromatic heterocycles. The minimum absolute atomic E-state index is 0.120. The number of carbonyl (C=O) groups excluding carboxylic acids is 1. The van der Waals surface area contributed by atoms with Gasteiger partial charge in [-0.2, -0.15) is 0 Å². The molecule has 0 aliphatic rings. The molecule has 0 aliphatic heterocycles. The van der Waals surface area contributed by atoms with Crippen LogP contribution in [0.3, 0.4) is 0 Å². The zero-order chi connectivity index (χ0) is 18.2. The van der Waals surface area contributed by atoms with E-state index in [4.69, 9.17) is 9.47 Å². The molecule has 0 heterocycles. The summed E-state index contributed by atoms with van der Waals surface area (Å²) in [5, 5.41) is 2.73. The van der Waals surface area contributed by atoms with Crippen LogP contribution in [0.25, 0.3) is 0 Å². The summed E-state index contributed by atoms with van der Waals surface area (Å²) in [6.45, 7) is 4.92. The lowest BCUT2D eigenvalue weighted by molar-refractivity contribution is -0.123. The lowest BCUT2D eigenvalue weighted by atomic mass is 10.3. The summed E-state index contributed by atoms with van der Waals surface area (Å²) in [7, 11) is -0.525. The summed E-state index contributed by atoms with van der Waals surface area (Å²) >= 11 is 0. The number of sulfonamides is 1. The third-order valence-electron chi connectivity index (χ3n) is 3.07. The molecule has 7 nitrogen and oxygen atoms in total. The molecule has 0 saturated carbocycles. The van der Waals surface area contributed by atoms with Gasteiger partial charge >= 0.3 is 0 Å². The van der Waals surface area contributed by atoms with E-state index >= 15 is 0 Å². The molecule has 1 rings (SSSR count). The van der Waals surface area contributed by atoms with Crippen molar-refractivity contribution < 1.29 is 22.7 Å². The predicted molar refractivity (Wildman–Crippen MR) is 91.5 cm³/mol. The van der Waals surface area contributed by atoms with Crippen LogP contribution in [0.2, 0.25) is 0 Å². The number of benzene rings is 1. The molecule has 8 heteroatoms. The van der Waals surface area contributed by atoms with E-state index in [9.17, 15) is 13.2 Å². The first-order valence-corrected chi connectivity index (χ1v) is 9.21. The van der Waals surface area contributed by atoms with Crippen LogP contribution >= 0.6 is 0 Å². The average Bonchev–Trinajstić information content (AvgIpc) is 2.52. The SMILES string of the molecule is CC(C)OCCCNC(=O)COc1ccc(S(=O)(=O)N(C)C)cc1. The third kappa shape index (κ3) is 6.86. The van der Waals surface area contributed by atoms with Gasteiger partial charge in [0.05, 0.1) is 11.0 Å². The van der Waals surface area contributed by atoms with E-state index in [1.807, 2.05) is 13.8 Å². The Bertz CT molecular complexity index is 612. The molecular formula is C16H26N2O5S. The molecular weight excluding hydrogens is 332 g/mol. The monoisotopic (exact) mass is 358 g/mol. The number of carbonyl (C=O) groups is 1. The van der Waals surface area contributed by atoms with Crippen molar-refractivity contribution in [2.45, 2.75) is 31.3 Å². The molecule has 24 heavy (non-hydrogen) atoms. The molecule has 1 amide bonds. The maximum atomic E-state index is 11.9. The number of hydrogen-bond acceptors (Lipinski definition) is 5. The van der Waals surface area contributed by atoms with Gasteiger partial charge in [-0.1, -0.05) is 0 Å². The Hall–Kier alpha value is -1.64. The predicted octanol–water partition coefficient (Wildman–Crippen LogP) is 1.25. The maximum Gasteiger partial charge on any atom is 0.257 e. The van der Waals surface area contributed by atoms with Crippen molar-refractivity contribution in [3.63, 3.8) is 0 Å². The Balaban J connectivity index is 2.36. The van der Waals surface area contributed by atoms with Crippen molar-refractivity contribution >= 4 is 15.9 Å². The fraction of sp³-hybridized carbons (Fsp3) is 0.562. The highest BCUT2D eigenvalue weighted by Gasteiger charge is 2.16. The standard InChI is InChI=1S/C16H26N2O5S/c1-13(2)22-11-5-10-17-16(19)12-23-14-6-8-15(9-7-14)24(20,21)18(3)4/h6-9,13H,5,10-12H2,1-4H3,(H,17,19). The minimum Gasteiger partial charge on any atom is -0.484 e. The number of hydrogen-bond donors (Lipinski definition) is 1. The van der Waals surface area contributed by atoms with E-state index in [-0.39, 0.29) is 23.5 Å². The smallest absolute Gasteiger partial charge is 0.257 e. The Morgan fingerprint density at radius 3 is 2.38 bits per heavy atom. The van der Waals surface area contributed by atoms with Crippen LogP contribution in [0.15, 0.2) is 29.2 Å². The zero-order valence-corrected chi connectivity index (χ0v) is 15.4. The fourth-order valence-electron chi connectivity index (χ4n) is 1.74. The van der Waals surface area contributed by atoms with Gasteiger partial charge in [0.2, 0.25) is 10.0 Å². The van der Waals surface area contributed by atoms with Crippen molar-refractivity contribution in [1.82, 2.24) is 9.62 Å². The van der Waals surface area contributed by atoms with Crippen LogP contribution in [-0.4, -0.2) is 58.6 Å². The number of nitrogens with one attached hydrogen (secondary N) is 1. The first-order chi connectivity index (χ1) is 11.2. The molecule has 0 bridgehead atoms. The highest BCUT2D eigenvalue weighted by atomic mass is 32.2. The maximum absolute atomic E-state index is 11.9. The summed E-state index contributed by atoms with van der Waals surface area (Å²) in [6.07, 6.45) is 0.921. The van der Waals surface area contributed by atoms with Crippen molar-refractivity contribution in [1.29, 1.82) is 0 Å². The van der Waals surface area contributed by atoms with Gasteiger partial charge in [-0.25, -0.2) is 12.7 Å². The first kappa shape index (κ1) is 20.4. The second-order valence-corrected chi connectivity index (χ2v) is 7.82. The summed E-state index contributed by atoms with van der Waals surface area (Å²) in [6, 6.07) is 5.96. The number of ether oxygens (including phenoxy) is 2. The molecule has 1 aromatic carbocycles. The van der Waals surface area contributed by atoms with E-state index in [1.54, 1.807) is 0 Å². The van der Waals surface area contributed by atoms with E-state index in [1.165, 1.54) is 38.4 Å². The molecule has 0 radical (unpaired) electrons. The fourth-order valence-corrected chi connectivity index (χ4v) is 2.64. The molecule has 0 atom stereocenters. The van der Waals surface area contributed by atoms with Crippen molar-refractivity contribution in [2.75, 3.05) is 33.9 Å². The lowest BCUT2D eigenvalue weighted by Crippen LogP contribution is -2.30. The van der Waals surface area contributed by atoms with Crippen molar-refractivity contribution in [2.24, 2.45) is 0 Å². The van der Waals surface area contributed by atoms with Gasteiger partial charge in [0, 0.05) is 27.2 Å². The van der Waals surface area contributed by atoms with Crippen molar-refractivity contribution in [3.05, 3.63) is 24.3 Å². The van der Waals surface area contributed by atoms with Crippen LogP contribution in [0.1, 0.15) is 20.3 Å². The van der Waals surface area contributed by atoms with Gasteiger partial charge in [-0.3, -0.25) is 4.79 Å². The number of nitrogens with zero attached hydrogens (tertiary/aromatic N) is 1. The largest absolute Gasteiger partial charge is 0.484 e. The highest BCUT2D eigenvalue weighted by Crippen LogP contribution is 2.17. The van der Waals surface area contributed by atoms with Crippen LogP contribution in [0.5, 0.6) is 5.75 Å². The summed E-state index contributed by atoms with van der Waals surface area (Å²) in [4.78, 5) is 11.8. The van der Waals surface area contributed by atoms with Gasteiger partial charge in [0.25, 0.3) is 5.91 Å². The molecule has 0 unspecified atom stereocenters. The molecule has 1 N–H and O–H groups in total. The Kier molecular flexibility index (Phi) is 8.17. The van der Waals surface area contributed by atoms with Crippen LogP contribution in [0, 0.1) is 0 Å². The zero-order valence-electron chi connectivity index (χ0n) is 14.6. The molecule has 136 valence electrons. The van der Waals surface area contributed by atoms with Gasteiger partial charge in [0.15, 0.2) is 6.61 Å². The van der Waals surface area contributed by atoms with Crippen molar-refractivity contribution in [3.8, 4) is 5.75 Å². The lowest BCUT2D eigenvalue weighted by Gasteiger charge is -2.12. The van der Waals surface area contributed by atoms with Gasteiger partial charge in [-0.15, -0.1) is 0 Å². The van der Waals surface area contributed by atoms with Crippen LogP contribution in [0.4, 0.5) is 0 Å². The van der Waals surface area contributed by atoms with E-state index < -0.39 is 10.0 Å². The molecule has 0 spiro atoms. The number of rotatable bonds is 10. The Labute approximate surface area is 144 Å². The second kappa shape index (κ2) is 9.61. The highest BCUT2D eigenvalue weighted by molar-refractivity contribution is 7.89. The summed E-state index contributed by atoms with van der Waals surface area (Å²) in [5.74, 6) is 0.204. The van der Waals surface area contributed by atoms with Gasteiger partial charge in [-0.05, 0) is 44.5 Å². The first-order valence-electron chi connectivity index (χ1n) is 7.77. The summed E-state index contributed by atoms with van der Waals surface area (Å²) < 4.78 is 35.7. The van der Waals surface area contributed by atoms with E-state index in [2.05, 4.69) is 5.32 Å². The minimum atomic E-state index is -3.46. The Morgan fingerprint density at radius 1 is 1.21 bits per heavy atom. The van der Waals surface area contributed by atoms with Crippen LogP contribution < -0.4 is 10.1 Å². The topological polar surface area (TPSA) is 84.9 Å². The molecule has 1 aromatic rings. The van der Waals surface area contributed by atoms with E-state index in [0.717, 1.165) is 10.7 Å². The number of amides is 1. The second-order valence-electron chi connectivity index (χ2n) is 5.67. The molecule has 0 aliphatic carbocycles. The molecule has 0 fully saturated rings. The third-order valence-corrected chi connectivity index (χ3v) is 4.90. The summed E-state index contributed by atoms with van der Waals surface area (Å²) in [5.41, 5.74) is 0. The normalized spacial score (nSPS) is 11.8. The van der Waals surface area contributed by atoms with Gasteiger partial charge in [0.1, 0.15) is 5.75 Å². The quantitative estimate of drug-likeness (QED) is 0.636. The van der Waals surface area contributed by atoms with Gasteiger partial charge < -0.3 is 14.8 Å². The average molecular weight is 358 g/mol. The molecule has 0 saturated heterocycles. The van der Waals surface area contributed by atoms with E-state index in [0.29, 0.717) is 18.9 Å². The Morgan fingerprint density at radius 2 is 1.83 bits per heavy atom.